The molecule has 0 aliphatic rings. The molecule has 0 saturated carbocycles. The highest BCUT2D eigenvalue weighted by molar-refractivity contribution is 14.1. The Bertz CT molecular complexity index is 697. The molecule has 0 saturated heterocycles. The maximum atomic E-state index is 12.0. The third kappa shape index (κ3) is 4.75. The molecular formula is C17H15IN2OS. The minimum Gasteiger partial charge on any atom is -0.351 e. The predicted molar refractivity (Wildman–Crippen MR) is 98.8 cm³/mol. The van der Waals surface area contributed by atoms with Crippen molar-refractivity contribution in [1.29, 1.82) is 5.26 Å². The van der Waals surface area contributed by atoms with E-state index < -0.39 is 0 Å². The van der Waals surface area contributed by atoms with Crippen molar-refractivity contribution in [3.63, 3.8) is 0 Å². The number of nitrogens with zero attached hydrogens (tertiary/aromatic N) is 1. The summed E-state index contributed by atoms with van der Waals surface area (Å²) >= 11 is 3.87. The van der Waals surface area contributed by atoms with Crippen LogP contribution in [0.15, 0.2) is 48.5 Å². The van der Waals surface area contributed by atoms with E-state index in [1.807, 2.05) is 48.5 Å². The van der Waals surface area contributed by atoms with E-state index in [4.69, 9.17) is 5.26 Å². The van der Waals surface area contributed by atoms with E-state index in [1.54, 1.807) is 11.8 Å². The van der Waals surface area contributed by atoms with E-state index in [0.717, 1.165) is 26.2 Å². The van der Waals surface area contributed by atoms with Crippen LogP contribution in [0.1, 0.15) is 21.5 Å². The van der Waals surface area contributed by atoms with Gasteiger partial charge in [0.25, 0.3) is 5.91 Å². The maximum absolute atomic E-state index is 12.0. The van der Waals surface area contributed by atoms with Gasteiger partial charge in [-0.1, -0.05) is 30.3 Å². The highest BCUT2D eigenvalue weighted by atomic mass is 127. The Morgan fingerprint density at radius 2 is 1.91 bits per heavy atom. The summed E-state index contributed by atoms with van der Waals surface area (Å²) in [7, 11) is 0. The summed E-state index contributed by atoms with van der Waals surface area (Å²) in [5.41, 5.74) is 2.47. The first-order valence-electron chi connectivity index (χ1n) is 6.81. The Morgan fingerprint density at radius 3 is 2.68 bits per heavy atom. The molecule has 0 aliphatic carbocycles. The fourth-order valence-corrected chi connectivity index (χ4v) is 3.41. The van der Waals surface area contributed by atoms with E-state index in [0.29, 0.717) is 12.1 Å². The number of carbonyl (C=O) groups excluding carboxylic acids is 1. The number of hydrogen-bond donors (Lipinski definition) is 1. The van der Waals surface area contributed by atoms with Crippen LogP contribution in [0, 0.1) is 14.9 Å². The highest BCUT2D eigenvalue weighted by Crippen LogP contribution is 2.15. The van der Waals surface area contributed by atoms with Gasteiger partial charge in [-0.05, 0) is 46.4 Å². The second-order valence-electron chi connectivity index (χ2n) is 4.56. The van der Waals surface area contributed by atoms with Gasteiger partial charge in [-0.25, -0.2) is 0 Å². The zero-order valence-corrected chi connectivity index (χ0v) is 14.9. The summed E-state index contributed by atoms with van der Waals surface area (Å²) in [5.74, 6) is 1.56. The largest absolute Gasteiger partial charge is 0.351 e. The first kappa shape index (κ1) is 16.8. The minimum absolute atomic E-state index is 0.0389. The molecule has 0 unspecified atom stereocenters. The van der Waals surface area contributed by atoms with Crippen LogP contribution in [-0.4, -0.2) is 18.2 Å². The molecule has 0 radical (unpaired) electrons. The Labute approximate surface area is 148 Å². The standard InChI is InChI=1S/C17H15IN2OS/c18-16-8-4-3-7-15(16)17(21)20-9-10-22-12-14-6-2-1-5-13(14)11-19/h1-8H,9-10,12H2,(H,20,21). The predicted octanol–water partition coefficient (Wildman–Crippen LogP) is 3.83. The second kappa shape index (κ2) is 8.81. The van der Waals surface area contributed by atoms with Crippen molar-refractivity contribution in [3.05, 3.63) is 68.8 Å². The summed E-state index contributed by atoms with van der Waals surface area (Å²) in [6, 6.07) is 17.3. The fourth-order valence-electron chi connectivity index (χ4n) is 1.91. The number of benzene rings is 2. The molecule has 0 bridgehead atoms. The number of nitriles is 1. The lowest BCUT2D eigenvalue weighted by Gasteiger charge is -2.07. The molecule has 5 heteroatoms. The lowest BCUT2D eigenvalue weighted by atomic mass is 10.1. The van der Waals surface area contributed by atoms with Crippen LogP contribution in [0.3, 0.4) is 0 Å². The summed E-state index contributed by atoms with van der Waals surface area (Å²) < 4.78 is 0.952. The third-order valence-electron chi connectivity index (χ3n) is 3.05. The van der Waals surface area contributed by atoms with Crippen molar-refractivity contribution < 1.29 is 4.79 Å². The number of nitrogens with one attached hydrogen (secondary N) is 1. The number of amides is 1. The van der Waals surface area contributed by atoms with Crippen LogP contribution in [0.4, 0.5) is 0 Å². The lowest BCUT2D eigenvalue weighted by Crippen LogP contribution is -2.26. The summed E-state index contributed by atoms with van der Waals surface area (Å²) in [4.78, 5) is 12.0. The third-order valence-corrected chi connectivity index (χ3v) is 4.99. The Hall–Kier alpha value is -1.52. The number of halogens is 1. The highest BCUT2D eigenvalue weighted by Gasteiger charge is 2.08. The Balaban J connectivity index is 1.75. The Kier molecular flexibility index (Phi) is 6.74. The first-order valence-corrected chi connectivity index (χ1v) is 9.04. The smallest absolute Gasteiger partial charge is 0.252 e. The van der Waals surface area contributed by atoms with Gasteiger partial charge < -0.3 is 5.32 Å². The summed E-state index contributed by atoms with van der Waals surface area (Å²) in [6.45, 7) is 0.614. The quantitative estimate of drug-likeness (QED) is 0.569. The van der Waals surface area contributed by atoms with Crippen LogP contribution in [0.5, 0.6) is 0 Å². The molecule has 22 heavy (non-hydrogen) atoms. The van der Waals surface area contributed by atoms with E-state index in [1.165, 1.54) is 0 Å². The van der Waals surface area contributed by atoms with Crippen LogP contribution in [0.25, 0.3) is 0 Å². The van der Waals surface area contributed by atoms with Crippen molar-refractivity contribution in [2.24, 2.45) is 0 Å². The number of hydrogen-bond acceptors (Lipinski definition) is 3. The topological polar surface area (TPSA) is 52.9 Å². The van der Waals surface area contributed by atoms with Crippen LogP contribution < -0.4 is 5.32 Å². The van der Waals surface area contributed by atoms with Gasteiger partial charge >= 0.3 is 0 Å². The van der Waals surface area contributed by atoms with Crippen molar-refractivity contribution in [2.75, 3.05) is 12.3 Å². The van der Waals surface area contributed by atoms with Gasteiger partial charge in [0.05, 0.1) is 17.2 Å². The van der Waals surface area contributed by atoms with Crippen molar-refractivity contribution >= 4 is 40.3 Å². The van der Waals surface area contributed by atoms with Gasteiger partial charge in [0.2, 0.25) is 0 Å². The molecule has 2 aromatic rings. The SMILES string of the molecule is N#Cc1ccccc1CSCCNC(=O)c1ccccc1I. The molecule has 0 heterocycles. The minimum atomic E-state index is -0.0389. The van der Waals surface area contributed by atoms with Crippen LogP contribution in [-0.2, 0) is 5.75 Å². The summed E-state index contributed by atoms with van der Waals surface area (Å²) in [5, 5.41) is 12.0. The van der Waals surface area contributed by atoms with Gasteiger partial charge in [-0.3, -0.25) is 4.79 Å². The van der Waals surface area contributed by atoms with Gasteiger partial charge in [0.1, 0.15) is 0 Å². The van der Waals surface area contributed by atoms with Gasteiger partial charge in [-0.15, -0.1) is 0 Å². The average Bonchev–Trinajstić information content (AvgIpc) is 2.55. The monoisotopic (exact) mass is 422 g/mol. The molecule has 2 rings (SSSR count). The second-order valence-corrected chi connectivity index (χ2v) is 6.82. The average molecular weight is 422 g/mol. The number of thioether (sulfide) groups is 1. The van der Waals surface area contributed by atoms with Crippen LogP contribution in [0.2, 0.25) is 0 Å². The molecule has 0 atom stereocenters. The molecule has 1 N–H and O–H groups in total. The molecule has 112 valence electrons. The number of rotatable bonds is 6. The Morgan fingerprint density at radius 1 is 1.18 bits per heavy atom. The lowest BCUT2D eigenvalue weighted by molar-refractivity contribution is 0.0955. The molecule has 0 aromatic heterocycles. The van der Waals surface area contributed by atoms with Crippen molar-refractivity contribution in [1.82, 2.24) is 5.32 Å². The van der Waals surface area contributed by atoms with E-state index in [-0.39, 0.29) is 5.91 Å². The molecule has 0 aliphatic heterocycles. The van der Waals surface area contributed by atoms with Gasteiger partial charge in [0.15, 0.2) is 0 Å². The normalized spacial score (nSPS) is 10.0. The maximum Gasteiger partial charge on any atom is 0.252 e. The zero-order chi connectivity index (χ0) is 15.8. The summed E-state index contributed by atoms with van der Waals surface area (Å²) in [6.07, 6.45) is 0. The molecule has 0 spiro atoms. The molecule has 2 aromatic carbocycles. The van der Waals surface area contributed by atoms with E-state index >= 15 is 0 Å². The molecule has 1 amide bonds. The van der Waals surface area contributed by atoms with Gasteiger partial charge in [-0.2, -0.15) is 17.0 Å². The van der Waals surface area contributed by atoms with E-state index in [9.17, 15) is 4.79 Å². The zero-order valence-electron chi connectivity index (χ0n) is 11.9. The van der Waals surface area contributed by atoms with E-state index in [2.05, 4.69) is 34.0 Å². The van der Waals surface area contributed by atoms with Crippen molar-refractivity contribution in [2.45, 2.75) is 5.75 Å². The fraction of sp³-hybridized carbons (Fsp3) is 0.176. The molecular weight excluding hydrogens is 407 g/mol. The van der Waals surface area contributed by atoms with Crippen molar-refractivity contribution in [3.8, 4) is 6.07 Å². The van der Waals surface area contributed by atoms with Crippen LogP contribution >= 0.6 is 34.4 Å². The van der Waals surface area contributed by atoms with Gasteiger partial charge in [0, 0.05) is 21.6 Å². The molecule has 0 fully saturated rings. The molecule has 3 nitrogen and oxygen atoms in total. The number of carbonyl (C=O) groups is 1. The first-order chi connectivity index (χ1) is 10.7.